The number of aromatic nitrogens is 4. The van der Waals surface area contributed by atoms with Gasteiger partial charge in [0.2, 0.25) is 5.95 Å². The van der Waals surface area contributed by atoms with Gasteiger partial charge >= 0.3 is 11.8 Å². The van der Waals surface area contributed by atoms with Gasteiger partial charge in [-0.1, -0.05) is 30.2 Å². The summed E-state index contributed by atoms with van der Waals surface area (Å²) in [6.07, 6.45) is 1.11. The Kier molecular flexibility index (Phi) is 8.22. The number of piperidine rings is 1. The largest absolute Gasteiger partial charge is 0.496 e. The Labute approximate surface area is 250 Å². The van der Waals surface area contributed by atoms with Crippen LogP contribution in [0.3, 0.4) is 0 Å². The fourth-order valence-electron chi connectivity index (χ4n) is 5.55. The molecule has 0 saturated carbocycles. The lowest BCUT2D eigenvalue weighted by molar-refractivity contribution is 0.0499. The Morgan fingerprint density at radius 2 is 1.86 bits per heavy atom. The average Bonchev–Trinajstić information content (AvgIpc) is 3.35. The van der Waals surface area contributed by atoms with Crippen molar-refractivity contribution in [2.45, 2.75) is 65.3 Å². The fraction of sp³-hybridized carbons (Fsp3) is 0.438. The summed E-state index contributed by atoms with van der Waals surface area (Å²) in [7, 11) is 3.19. The summed E-state index contributed by atoms with van der Waals surface area (Å²) in [5.74, 6) is 7.09. The third kappa shape index (κ3) is 6.09. The van der Waals surface area contributed by atoms with Crippen LogP contribution in [0.4, 0.5) is 10.7 Å². The number of aryl methyl sites for hydroxylation is 1. The van der Waals surface area contributed by atoms with Gasteiger partial charge in [-0.05, 0) is 63.4 Å². The second-order valence-corrected chi connectivity index (χ2v) is 11.8. The number of imidazole rings is 1. The zero-order chi connectivity index (χ0) is 30.9. The first kappa shape index (κ1) is 29.8. The van der Waals surface area contributed by atoms with E-state index in [1.54, 1.807) is 25.6 Å². The van der Waals surface area contributed by atoms with Crippen molar-refractivity contribution in [2.75, 3.05) is 25.1 Å². The van der Waals surface area contributed by atoms with Crippen molar-refractivity contribution in [1.82, 2.24) is 24.0 Å². The number of rotatable bonds is 6. The van der Waals surface area contributed by atoms with E-state index in [9.17, 15) is 14.4 Å². The van der Waals surface area contributed by atoms with E-state index in [1.807, 2.05) is 62.1 Å². The van der Waals surface area contributed by atoms with Crippen LogP contribution in [-0.2, 0) is 24.9 Å². The third-order valence-electron chi connectivity index (χ3n) is 7.53. The van der Waals surface area contributed by atoms with Gasteiger partial charge in [0.05, 0.1) is 20.2 Å². The maximum absolute atomic E-state index is 14.1. The third-order valence-corrected chi connectivity index (χ3v) is 7.53. The number of fused-ring (bicyclic) bond motifs is 2. The van der Waals surface area contributed by atoms with Crippen molar-refractivity contribution < 1.29 is 14.3 Å². The molecule has 5 rings (SSSR count). The number of ether oxygens (including phenoxy) is 2. The van der Waals surface area contributed by atoms with Crippen molar-refractivity contribution in [1.29, 1.82) is 0 Å². The maximum atomic E-state index is 14.1. The van der Waals surface area contributed by atoms with E-state index in [-0.39, 0.29) is 24.8 Å². The molecule has 1 atom stereocenters. The molecule has 11 heteroatoms. The second kappa shape index (κ2) is 11.9. The highest BCUT2D eigenvalue weighted by molar-refractivity contribution is 5.85. The molecule has 0 spiro atoms. The summed E-state index contributed by atoms with van der Waals surface area (Å²) in [6.45, 7) is 8.60. The Bertz CT molecular complexity index is 1870. The van der Waals surface area contributed by atoms with E-state index in [4.69, 9.17) is 14.5 Å². The van der Waals surface area contributed by atoms with Crippen molar-refractivity contribution in [2.24, 2.45) is 7.05 Å². The monoisotopic (exact) mass is 586 g/mol. The van der Waals surface area contributed by atoms with E-state index < -0.39 is 22.9 Å². The number of nitrogens with zero attached hydrogens (tertiary/aromatic N) is 5. The number of benzene rings is 2. The van der Waals surface area contributed by atoms with Gasteiger partial charge in [-0.3, -0.25) is 18.5 Å². The number of alkyl carbamates (subject to hydrolysis) is 1. The van der Waals surface area contributed by atoms with Crippen LogP contribution in [0, 0.1) is 11.8 Å². The Morgan fingerprint density at radius 1 is 1.14 bits per heavy atom. The molecule has 1 aliphatic rings. The Balaban J connectivity index is 1.57. The summed E-state index contributed by atoms with van der Waals surface area (Å²) in [6, 6.07) is 11.6. The van der Waals surface area contributed by atoms with Crippen molar-refractivity contribution >= 4 is 34.0 Å². The van der Waals surface area contributed by atoms with Gasteiger partial charge in [-0.15, -0.1) is 5.92 Å². The van der Waals surface area contributed by atoms with Crippen LogP contribution in [0.5, 0.6) is 5.75 Å². The normalized spacial score (nSPS) is 15.3. The van der Waals surface area contributed by atoms with E-state index in [2.05, 4.69) is 17.2 Å². The van der Waals surface area contributed by atoms with Crippen LogP contribution in [0.2, 0.25) is 0 Å². The molecule has 0 bridgehead atoms. The molecule has 1 saturated heterocycles. The van der Waals surface area contributed by atoms with Crippen LogP contribution < -0.4 is 26.2 Å². The smallest absolute Gasteiger partial charge is 0.407 e. The van der Waals surface area contributed by atoms with E-state index in [0.717, 1.165) is 23.6 Å². The number of methoxy groups -OCH3 is 1. The first-order chi connectivity index (χ1) is 20.5. The minimum absolute atomic E-state index is 0.0288. The van der Waals surface area contributed by atoms with Gasteiger partial charge < -0.3 is 19.7 Å². The quantitative estimate of drug-likeness (QED) is 0.344. The lowest BCUT2D eigenvalue weighted by Gasteiger charge is -2.34. The van der Waals surface area contributed by atoms with Gasteiger partial charge in [0.15, 0.2) is 11.2 Å². The minimum Gasteiger partial charge on any atom is -0.496 e. The van der Waals surface area contributed by atoms with E-state index in [0.29, 0.717) is 35.9 Å². The number of carbonyl (C=O) groups excluding carboxylic acids is 1. The highest BCUT2D eigenvalue weighted by Crippen LogP contribution is 2.27. The van der Waals surface area contributed by atoms with Gasteiger partial charge in [0, 0.05) is 31.7 Å². The molecule has 1 aliphatic heterocycles. The number of nitrogens with one attached hydrogen (secondary N) is 1. The molecule has 0 aliphatic carbocycles. The SMILES string of the molecule is CC#CCn1c(N2CCCC(NC(=O)OC(C)(C)C)C2)nc2c1c(=O)n(Cc1cc3ccccc3cc1OC)c(=O)n2C. The number of carbonyl (C=O) groups is 1. The average molecular weight is 587 g/mol. The molecule has 1 N–H and O–H groups in total. The molecule has 1 fully saturated rings. The fourth-order valence-corrected chi connectivity index (χ4v) is 5.55. The number of anilines is 1. The second-order valence-electron chi connectivity index (χ2n) is 11.8. The first-order valence-corrected chi connectivity index (χ1v) is 14.4. The van der Waals surface area contributed by atoms with Gasteiger partial charge in [-0.25, -0.2) is 9.59 Å². The van der Waals surface area contributed by atoms with Crippen LogP contribution in [0.15, 0.2) is 46.0 Å². The topological polar surface area (TPSA) is 113 Å². The van der Waals surface area contributed by atoms with Gasteiger partial charge in [0.25, 0.3) is 5.56 Å². The molecule has 1 unspecified atom stereocenters. The molecule has 1 amide bonds. The van der Waals surface area contributed by atoms with E-state index in [1.165, 1.54) is 9.13 Å². The number of hydrogen-bond donors (Lipinski definition) is 1. The molecule has 3 heterocycles. The molecule has 43 heavy (non-hydrogen) atoms. The highest BCUT2D eigenvalue weighted by Gasteiger charge is 2.29. The minimum atomic E-state index is -0.604. The number of hydrogen-bond acceptors (Lipinski definition) is 7. The Hall–Kier alpha value is -4.72. The molecular weight excluding hydrogens is 548 g/mol. The lowest BCUT2D eigenvalue weighted by Crippen LogP contribution is -2.49. The molecular formula is C32H38N6O5. The van der Waals surface area contributed by atoms with E-state index >= 15 is 0 Å². The lowest BCUT2D eigenvalue weighted by atomic mass is 10.1. The summed E-state index contributed by atoms with van der Waals surface area (Å²) in [5, 5.41) is 4.94. The summed E-state index contributed by atoms with van der Waals surface area (Å²) in [5.41, 5.74) is -0.244. The summed E-state index contributed by atoms with van der Waals surface area (Å²) in [4.78, 5) is 47.0. The first-order valence-electron chi connectivity index (χ1n) is 14.4. The molecule has 226 valence electrons. The van der Waals surface area contributed by atoms with Crippen molar-refractivity contribution in [3.63, 3.8) is 0 Å². The summed E-state index contributed by atoms with van der Waals surface area (Å²) < 4.78 is 15.5. The van der Waals surface area contributed by atoms with Crippen LogP contribution >= 0.6 is 0 Å². The van der Waals surface area contributed by atoms with Gasteiger partial charge in [0.1, 0.15) is 11.4 Å². The van der Waals surface area contributed by atoms with Crippen LogP contribution in [-0.4, -0.2) is 56.6 Å². The standard InChI is InChI=1S/C32H38N6O5/c1-7-8-16-37-26-27(34-29(37)36-15-11-14-24(20-36)33-30(40)43-32(2,3)4)35(5)31(41)38(28(26)39)19-23-17-21-12-9-10-13-22(21)18-25(23)42-6/h9-10,12-13,17-18,24H,11,14-16,19-20H2,1-6H3,(H,33,40). The molecule has 2 aromatic carbocycles. The molecule has 0 radical (unpaired) electrons. The summed E-state index contributed by atoms with van der Waals surface area (Å²) >= 11 is 0. The maximum Gasteiger partial charge on any atom is 0.407 e. The zero-order valence-corrected chi connectivity index (χ0v) is 25.6. The van der Waals surface area contributed by atoms with Crippen molar-refractivity contribution in [3.05, 3.63) is 62.8 Å². The predicted octanol–water partition coefficient (Wildman–Crippen LogP) is 3.62. The predicted molar refractivity (Wildman–Crippen MR) is 167 cm³/mol. The molecule has 2 aromatic heterocycles. The molecule has 4 aromatic rings. The number of amides is 1. The zero-order valence-electron chi connectivity index (χ0n) is 25.6. The van der Waals surface area contributed by atoms with Crippen molar-refractivity contribution in [3.8, 4) is 17.6 Å². The Morgan fingerprint density at radius 3 is 2.53 bits per heavy atom. The highest BCUT2D eigenvalue weighted by atomic mass is 16.6. The van der Waals surface area contributed by atoms with Gasteiger partial charge in [-0.2, -0.15) is 4.98 Å². The van der Waals surface area contributed by atoms with Crippen LogP contribution in [0.1, 0.15) is 46.1 Å². The van der Waals surface area contributed by atoms with Crippen LogP contribution in [0.25, 0.3) is 21.9 Å². The molecule has 11 nitrogen and oxygen atoms in total.